The number of nitrogen functional groups attached to an aromatic ring is 2. The van der Waals surface area contributed by atoms with Gasteiger partial charge in [0.2, 0.25) is 0 Å². The van der Waals surface area contributed by atoms with E-state index in [2.05, 4.69) is 4.98 Å². The van der Waals surface area contributed by atoms with Crippen LogP contribution in [-0.4, -0.2) is 16.7 Å². The Morgan fingerprint density at radius 3 is 2.27 bits per heavy atom. The van der Waals surface area contributed by atoms with Gasteiger partial charge in [0.05, 0.1) is 0 Å². The standard InChI is InChI=1S/C5H7N5S/c6-3(7)2-1-11-5(10-2)4(8)9/h1H,(H3,6,7)(H3,8,9). The highest BCUT2D eigenvalue weighted by atomic mass is 32.1. The van der Waals surface area contributed by atoms with E-state index in [1.807, 2.05) is 0 Å². The van der Waals surface area contributed by atoms with Crippen LogP contribution in [0.5, 0.6) is 0 Å². The molecule has 1 aromatic rings. The summed E-state index contributed by atoms with van der Waals surface area (Å²) >= 11 is 1.20. The maximum atomic E-state index is 7.00. The molecule has 0 unspecified atom stereocenters. The van der Waals surface area contributed by atoms with E-state index in [9.17, 15) is 0 Å². The SMILES string of the molecule is N=C(N)c1csc(C(=N)N)n1. The van der Waals surface area contributed by atoms with Crippen LogP contribution in [0.25, 0.3) is 0 Å². The van der Waals surface area contributed by atoms with Crippen molar-refractivity contribution < 1.29 is 0 Å². The van der Waals surface area contributed by atoms with E-state index in [-0.39, 0.29) is 11.7 Å². The van der Waals surface area contributed by atoms with E-state index in [0.29, 0.717) is 10.7 Å². The second kappa shape index (κ2) is 2.67. The van der Waals surface area contributed by atoms with Crippen LogP contribution in [-0.2, 0) is 0 Å². The van der Waals surface area contributed by atoms with Gasteiger partial charge in [-0.2, -0.15) is 0 Å². The van der Waals surface area contributed by atoms with Crippen LogP contribution in [0, 0.1) is 10.8 Å². The van der Waals surface area contributed by atoms with Gasteiger partial charge in [0.15, 0.2) is 10.8 Å². The zero-order valence-corrected chi connectivity index (χ0v) is 6.40. The number of hydrogen-bond acceptors (Lipinski definition) is 4. The van der Waals surface area contributed by atoms with Gasteiger partial charge >= 0.3 is 0 Å². The van der Waals surface area contributed by atoms with Crippen molar-refractivity contribution in [2.24, 2.45) is 11.5 Å². The van der Waals surface area contributed by atoms with Gasteiger partial charge < -0.3 is 11.5 Å². The van der Waals surface area contributed by atoms with E-state index in [1.54, 1.807) is 5.38 Å². The minimum absolute atomic E-state index is 0.0949. The van der Waals surface area contributed by atoms with Gasteiger partial charge in [-0.25, -0.2) is 4.98 Å². The quantitative estimate of drug-likeness (QED) is 0.360. The molecule has 0 fully saturated rings. The maximum absolute atomic E-state index is 7.00. The van der Waals surface area contributed by atoms with Crippen LogP contribution in [0.2, 0.25) is 0 Å². The molecule has 1 aromatic heterocycles. The van der Waals surface area contributed by atoms with E-state index in [0.717, 1.165) is 0 Å². The molecule has 0 saturated heterocycles. The molecule has 0 atom stereocenters. The Morgan fingerprint density at radius 1 is 1.36 bits per heavy atom. The Labute approximate surface area is 67.1 Å². The van der Waals surface area contributed by atoms with Crippen molar-refractivity contribution in [3.63, 3.8) is 0 Å². The number of aromatic nitrogens is 1. The van der Waals surface area contributed by atoms with Crippen LogP contribution in [0.3, 0.4) is 0 Å². The fourth-order valence-corrected chi connectivity index (χ4v) is 1.20. The third-order valence-electron chi connectivity index (χ3n) is 1.01. The predicted octanol–water partition coefficient (Wildman–Crippen LogP) is -0.289. The molecular formula is C5H7N5S. The first-order valence-electron chi connectivity index (χ1n) is 2.75. The Balaban J connectivity index is 2.99. The fraction of sp³-hybridized carbons (Fsp3) is 0. The molecule has 0 spiro atoms. The average Bonchev–Trinajstić information content (AvgIpc) is 2.33. The van der Waals surface area contributed by atoms with Crippen molar-refractivity contribution in [1.29, 1.82) is 10.8 Å². The van der Waals surface area contributed by atoms with Gasteiger partial charge in [-0.05, 0) is 0 Å². The van der Waals surface area contributed by atoms with Crippen LogP contribution in [0.15, 0.2) is 5.38 Å². The third-order valence-corrected chi connectivity index (χ3v) is 1.89. The summed E-state index contributed by atoms with van der Waals surface area (Å²) in [4.78, 5) is 3.83. The minimum Gasteiger partial charge on any atom is -0.382 e. The van der Waals surface area contributed by atoms with Crippen molar-refractivity contribution in [3.05, 3.63) is 16.1 Å². The molecule has 0 aliphatic heterocycles. The number of nitrogens with zero attached hydrogens (tertiary/aromatic N) is 1. The third kappa shape index (κ3) is 1.53. The first-order valence-corrected chi connectivity index (χ1v) is 3.63. The van der Waals surface area contributed by atoms with Crippen LogP contribution >= 0.6 is 11.3 Å². The summed E-state index contributed by atoms with van der Waals surface area (Å²) in [6.07, 6.45) is 0. The molecule has 0 amide bonds. The largest absolute Gasteiger partial charge is 0.382 e. The summed E-state index contributed by atoms with van der Waals surface area (Å²) in [6, 6.07) is 0. The first-order chi connectivity index (χ1) is 5.11. The van der Waals surface area contributed by atoms with Crippen molar-refractivity contribution in [1.82, 2.24) is 4.98 Å². The average molecular weight is 169 g/mol. The number of rotatable bonds is 2. The van der Waals surface area contributed by atoms with Crippen molar-refractivity contribution in [3.8, 4) is 0 Å². The summed E-state index contributed by atoms with van der Waals surface area (Å²) in [5.41, 5.74) is 10.7. The second-order valence-corrected chi connectivity index (χ2v) is 2.72. The van der Waals surface area contributed by atoms with Crippen LogP contribution in [0.4, 0.5) is 0 Å². The van der Waals surface area contributed by atoms with E-state index in [1.165, 1.54) is 11.3 Å². The summed E-state index contributed by atoms with van der Waals surface area (Å²) < 4.78 is 0. The van der Waals surface area contributed by atoms with Gasteiger partial charge in [-0.1, -0.05) is 0 Å². The molecule has 5 nitrogen and oxygen atoms in total. The number of nitrogens with two attached hydrogens (primary N) is 2. The molecule has 6 N–H and O–H groups in total. The summed E-state index contributed by atoms with van der Waals surface area (Å²) in [5, 5.41) is 16.0. The molecule has 0 radical (unpaired) electrons. The zero-order valence-electron chi connectivity index (χ0n) is 5.59. The number of amidine groups is 2. The lowest BCUT2D eigenvalue weighted by molar-refractivity contribution is 1.28. The van der Waals surface area contributed by atoms with Crippen molar-refractivity contribution >= 4 is 23.0 Å². The van der Waals surface area contributed by atoms with Gasteiger partial charge in [-0.15, -0.1) is 11.3 Å². The molecule has 6 heteroatoms. The monoisotopic (exact) mass is 169 g/mol. The van der Waals surface area contributed by atoms with Crippen LogP contribution < -0.4 is 11.5 Å². The lowest BCUT2D eigenvalue weighted by Gasteiger charge is -1.88. The predicted molar refractivity (Wildman–Crippen MR) is 44.1 cm³/mol. The molecule has 0 bridgehead atoms. The molecule has 0 saturated carbocycles. The highest BCUT2D eigenvalue weighted by molar-refractivity contribution is 7.11. The van der Waals surface area contributed by atoms with E-state index < -0.39 is 0 Å². The normalized spacial score (nSPS) is 9.45. The summed E-state index contributed by atoms with van der Waals surface area (Å²) in [5.74, 6) is -0.198. The Bertz CT molecular complexity index is 273. The number of thiazole rings is 1. The van der Waals surface area contributed by atoms with Crippen molar-refractivity contribution in [2.45, 2.75) is 0 Å². The van der Waals surface area contributed by atoms with Gasteiger partial charge in [-0.3, -0.25) is 10.8 Å². The van der Waals surface area contributed by atoms with Gasteiger partial charge in [0, 0.05) is 5.38 Å². The Morgan fingerprint density at radius 2 is 2.00 bits per heavy atom. The topological polar surface area (TPSA) is 113 Å². The lowest BCUT2D eigenvalue weighted by Crippen LogP contribution is -2.14. The molecule has 1 heterocycles. The molecular weight excluding hydrogens is 162 g/mol. The van der Waals surface area contributed by atoms with Gasteiger partial charge in [0.1, 0.15) is 11.5 Å². The second-order valence-electron chi connectivity index (χ2n) is 1.87. The lowest BCUT2D eigenvalue weighted by atomic mass is 10.4. The Kier molecular flexibility index (Phi) is 1.86. The molecule has 58 valence electrons. The van der Waals surface area contributed by atoms with Crippen LogP contribution in [0.1, 0.15) is 10.7 Å². The molecule has 1 rings (SSSR count). The van der Waals surface area contributed by atoms with Gasteiger partial charge in [0.25, 0.3) is 0 Å². The highest BCUT2D eigenvalue weighted by Gasteiger charge is 2.05. The highest BCUT2D eigenvalue weighted by Crippen LogP contribution is 2.07. The molecule has 0 aromatic carbocycles. The molecule has 0 aliphatic carbocycles. The van der Waals surface area contributed by atoms with E-state index >= 15 is 0 Å². The van der Waals surface area contributed by atoms with Crippen molar-refractivity contribution in [2.75, 3.05) is 0 Å². The number of nitrogens with one attached hydrogen (secondary N) is 2. The maximum Gasteiger partial charge on any atom is 0.158 e. The molecule has 0 aliphatic rings. The zero-order chi connectivity index (χ0) is 8.43. The fourth-order valence-electron chi connectivity index (χ4n) is 0.521. The smallest absolute Gasteiger partial charge is 0.158 e. The summed E-state index contributed by atoms with van der Waals surface area (Å²) in [7, 11) is 0. The molecule has 11 heavy (non-hydrogen) atoms. The summed E-state index contributed by atoms with van der Waals surface area (Å²) in [6.45, 7) is 0. The minimum atomic E-state index is -0.103. The number of hydrogen-bond donors (Lipinski definition) is 4. The Hall–Kier alpha value is -1.43. The van der Waals surface area contributed by atoms with E-state index in [4.69, 9.17) is 22.3 Å². The first kappa shape index (κ1) is 7.67.